The maximum absolute atomic E-state index is 11.1. The van der Waals surface area contributed by atoms with Crippen molar-refractivity contribution in [2.45, 2.75) is 6.04 Å². The molecule has 2 rings (SSSR count). The summed E-state index contributed by atoms with van der Waals surface area (Å²) in [6.45, 7) is 0. The third-order valence-corrected chi connectivity index (χ3v) is 1.89. The van der Waals surface area contributed by atoms with Crippen molar-refractivity contribution in [3.05, 3.63) is 23.9 Å². The van der Waals surface area contributed by atoms with E-state index in [0.717, 1.165) is 5.71 Å². The van der Waals surface area contributed by atoms with Gasteiger partial charge >= 0.3 is 5.97 Å². The van der Waals surface area contributed by atoms with Gasteiger partial charge in [-0.2, -0.15) is 0 Å². The van der Waals surface area contributed by atoms with Gasteiger partial charge in [-0.25, -0.2) is 4.79 Å². The highest BCUT2D eigenvalue weighted by Gasteiger charge is 2.20. The smallest absolute Gasteiger partial charge is 0.339 e. The number of carbonyl (C=O) groups excluding carboxylic acids is 1. The van der Waals surface area contributed by atoms with Crippen LogP contribution >= 0.6 is 0 Å². The van der Waals surface area contributed by atoms with Crippen LogP contribution in [0.3, 0.4) is 0 Å². The molecule has 0 aromatic carbocycles. The normalized spacial score (nSPS) is 23.6. The van der Waals surface area contributed by atoms with Gasteiger partial charge in [0.15, 0.2) is 0 Å². The number of rotatable bonds is 1. The molecule has 2 aliphatic rings. The summed E-state index contributed by atoms with van der Waals surface area (Å²) in [7, 11) is 1.35. The third kappa shape index (κ3) is 1.30. The van der Waals surface area contributed by atoms with Crippen LogP contribution in [0.2, 0.25) is 0 Å². The second-order valence-electron chi connectivity index (χ2n) is 2.71. The molecule has 66 valence electrons. The largest absolute Gasteiger partial charge is 0.465 e. The average Bonchev–Trinajstić information content (AvgIpc) is 2.63. The standard InChI is InChI=1S/C9H8N2O2/c1-13-9(12)6-4-8-7(11-5-6)2-3-10-8/h2-5,7H,1H3/t7-/m1/s1. The zero-order valence-corrected chi connectivity index (χ0v) is 7.10. The zero-order chi connectivity index (χ0) is 9.26. The average molecular weight is 176 g/mol. The number of methoxy groups -OCH3 is 1. The van der Waals surface area contributed by atoms with Gasteiger partial charge in [-0.15, -0.1) is 0 Å². The van der Waals surface area contributed by atoms with Crippen molar-refractivity contribution in [3.63, 3.8) is 0 Å². The fourth-order valence-electron chi connectivity index (χ4n) is 1.22. The van der Waals surface area contributed by atoms with E-state index in [2.05, 4.69) is 14.7 Å². The topological polar surface area (TPSA) is 51.0 Å². The van der Waals surface area contributed by atoms with Gasteiger partial charge in [-0.05, 0) is 12.2 Å². The molecule has 0 aromatic rings. The molecule has 4 heteroatoms. The van der Waals surface area contributed by atoms with Gasteiger partial charge in [0.05, 0.1) is 18.4 Å². The summed E-state index contributed by atoms with van der Waals surface area (Å²) < 4.78 is 4.56. The van der Waals surface area contributed by atoms with Crippen molar-refractivity contribution in [1.82, 2.24) is 0 Å². The number of aliphatic imine (C=N–C) groups is 2. The van der Waals surface area contributed by atoms with E-state index >= 15 is 0 Å². The molecule has 0 saturated carbocycles. The Bertz CT molecular complexity index is 364. The Kier molecular flexibility index (Phi) is 1.81. The van der Waals surface area contributed by atoms with E-state index in [0.29, 0.717) is 5.57 Å². The minimum Gasteiger partial charge on any atom is -0.465 e. The first kappa shape index (κ1) is 7.91. The Labute approximate surface area is 75.3 Å². The van der Waals surface area contributed by atoms with E-state index in [9.17, 15) is 4.79 Å². The minimum absolute atomic E-state index is 0.00611. The van der Waals surface area contributed by atoms with E-state index in [-0.39, 0.29) is 12.0 Å². The summed E-state index contributed by atoms with van der Waals surface area (Å²) in [6.07, 6.45) is 6.78. The summed E-state index contributed by atoms with van der Waals surface area (Å²) in [4.78, 5) is 19.3. The number of hydrogen-bond acceptors (Lipinski definition) is 4. The summed E-state index contributed by atoms with van der Waals surface area (Å²) >= 11 is 0. The van der Waals surface area contributed by atoms with E-state index in [1.165, 1.54) is 13.3 Å². The summed E-state index contributed by atoms with van der Waals surface area (Å²) in [6, 6.07) is -0.00611. The Morgan fingerprint density at radius 1 is 1.62 bits per heavy atom. The highest BCUT2D eigenvalue weighted by molar-refractivity contribution is 6.19. The van der Waals surface area contributed by atoms with Crippen molar-refractivity contribution in [2.75, 3.05) is 7.11 Å². The lowest BCUT2D eigenvalue weighted by molar-refractivity contribution is -0.135. The molecule has 13 heavy (non-hydrogen) atoms. The molecule has 4 nitrogen and oxygen atoms in total. The van der Waals surface area contributed by atoms with Gasteiger partial charge in [-0.1, -0.05) is 0 Å². The summed E-state index contributed by atoms with van der Waals surface area (Å²) in [5, 5.41) is 0. The van der Waals surface area contributed by atoms with E-state index < -0.39 is 0 Å². The molecule has 0 aromatic heterocycles. The van der Waals surface area contributed by atoms with Gasteiger partial charge in [0.1, 0.15) is 6.04 Å². The fourth-order valence-corrected chi connectivity index (χ4v) is 1.22. The van der Waals surface area contributed by atoms with Crippen LogP contribution in [0.1, 0.15) is 0 Å². The predicted molar refractivity (Wildman–Crippen MR) is 49.0 cm³/mol. The molecule has 0 bridgehead atoms. The number of dihydropyridines is 1. The first-order valence-electron chi connectivity index (χ1n) is 3.89. The lowest BCUT2D eigenvalue weighted by Crippen LogP contribution is -2.19. The van der Waals surface area contributed by atoms with Crippen molar-refractivity contribution in [2.24, 2.45) is 9.98 Å². The number of hydrogen-bond donors (Lipinski definition) is 0. The van der Waals surface area contributed by atoms with Gasteiger partial charge in [-0.3, -0.25) is 9.98 Å². The maximum atomic E-state index is 11.1. The van der Waals surface area contributed by atoms with E-state index in [1.807, 2.05) is 6.08 Å². The van der Waals surface area contributed by atoms with E-state index in [1.54, 1.807) is 12.3 Å². The molecule has 0 spiro atoms. The number of ether oxygens (including phenoxy) is 1. The molecule has 1 atom stereocenters. The molecular weight excluding hydrogens is 168 g/mol. The van der Waals surface area contributed by atoms with Crippen LogP contribution in [0.5, 0.6) is 0 Å². The second-order valence-corrected chi connectivity index (χ2v) is 2.71. The Morgan fingerprint density at radius 2 is 2.46 bits per heavy atom. The van der Waals surface area contributed by atoms with Crippen molar-refractivity contribution in [3.8, 4) is 0 Å². The van der Waals surface area contributed by atoms with Crippen LogP contribution in [0, 0.1) is 0 Å². The van der Waals surface area contributed by atoms with Crippen molar-refractivity contribution < 1.29 is 9.53 Å². The lowest BCUT2D eigenvalue weighted by atomic mass is 10.1. The monoisotopic (exact) mass is 176 g/mol. The van der Waals surface area contributed by atoms with Gasteiger partial charge in [0, 0.05) is 12.4 Å². The molecule has 0 saturated heterocycles. The van der Waals surface area contributed by atoms with Crippen LogP contribution in [0.4, 0.5) is 0 Å². The maximum Gasteiger partial charge on any atom is 0.339 e. The van der Waals surface area contributed by atoms with Gasteiger partial charge in [0.25, 0.3) is 0 Å². The lowest BCUT2D eigenvalue weighted by Gasteiger charge is -2.09. The molecule has 0 radical (unpaired) electrons. The van der Waals surface area contributed by atoms with Crippen LogP contribution in [-0.4, -0.2) is 31.0 Å². The van der Waals surface area contributed by atoms with Crippen LogP contribution in [0.25, 0.3) is 0 Å². The highest BCUT2D eigenvalue weighted by Crippen LogP contribution is 2.13. The first-order valence-corrected chi connectivity index (χ1v) is 3.89. The van der Waals surface area contributed by atoms with E-state index in [4.69, 9.17) is 0 Å². The number of esters is 1. The molecule has 2 heterocycles. The van der Waals surface area contributed by atoms with Crippen molar-refractivity contribution in [1.29, 1.82) is 0 Å². The fraction of sp³-hybridized carbons (Fsp3) is 0.222. The quantitative estimate of drug-likeness (QED) is 0.546. The SMILES string of the molecule is COC(=O)C1=CC2=NC=C[C@H]2N=C1. The number of fused-ring (bicyclic) bond motifs is 1. The number of carbonyl (C=O) groups is 1. The second kappa shape index (κ2) is 2.97. The number of nitrogens with zero attached hydrogens (tertiary/aromatic N) is 2. The molecular formula is C9H8N2O2. The summed E-state index contributed by atoms with van der Waals surface area (Å²) in [5.74, 6) is -0.378. The summed E-state index contributed by atoms with van der Waals surface area (Å²) in [5.41, 5.74) is 1.24. The minimum atomic E-state index is -0.378. The highest BCUT2D eigenvalue weighted by atomic mass is 16.5. The third-order valence-electron chi connectivity index (χ3n) is 1.89. The molecule has 2 aliphatic heterocycles. The molecule has 0 unspecified atom stereocenters. The Balaban J connectivity index is 2.26. The van der Waals surface area contributed by atoms with Crippen LogP contribution in [-0.2, 0) is 9.53 Å². The van der Waals surface area contributed by atoms with Crippen molar-refractivity contribution >= 4 is 17.9 Å². The zero-order valence-electron chi connectivity index (χ0n) is 7.10. The van der Waals surface area contributed by atoms with Gasteiger partial charge in [0.2, 0.25) is 0 Å². The van der Waals surface area contributed by atoms with Crippen LogP contribution in [0.15, 0.2) is 33.9 Å². The Morgan fingerprint density at radius 3 is 3.23 bits per heavy atom. The first-order chi connectivity index (χ1) is 6.31. The molecule has 0 N–H and O–H groups in total. The van der Waals surface area contributed by atoms with Gasteiger partial charge < -0.3 is 4.74 Å². The molecule has 0 amide bonds. The predicted octanol–water partition coefficient (Wildman–Crippen LogP) is 0.507. The molecule has 0 aliphatic carbocycles. The Hall–Kier alpha value is -1.71. The van der Waals surface area contributed by atoms with Crippen LogP contribution < -0.4 is 0 Å². The molecule has 0 fully saturated rings.